The van der Waals surface area contributed by atoms with E-state index < -0.39 is 0 Å². The molecule has 0 bridgehead atoms. The minimum atomic E-state index is -0.153. The van der Waals surface area contributed by atoms with E-state index in [4.69, 9.17) is 4.74 Å². The molecule has 1 aromatic carbocycles. The summed E-state index contributed by atoms with van der Waals surface area (Å²) >= 11 is 1.39. The molecule has 0 fully saturated rings. The maximum absolute atomic E-state index is 11.9. The quantitative estimate of drug-likeness (QED) is 0.908. The molecule has 0 saturated carbocycles. The van der Waals surface area contributed by atoms with Crippen molar-refractivity contribution in [1.29, 1.82) is 0 Å². The van der Waals surface area contributed by atoms with Crippen LogP contribution in [0.2, 0.25) is 0 Å². The number of carbonyl (C=O) groups is 1. The molecule has 0 aliphatic carbocycles. The van der Waals surface area contributed by atoms with Crippen molar-refractivity contribution in [3.05, 3.63) is 40.9 Å². The van der Waals surface area contributed by atoms with Crippen LogP contribution in [-0.4, -0.2) is 18.0 Å². The second kappa shape index (κ2) is 4.97. The van der Waals surface area contributed by atoms with Gasteiger partial charge in [-0.3, -0.25) is 10.1 Å². The fourth-order valence-corrected chi connectivity index (χ4v) is 1.99. The van der Waals surface area contributed by atoms with Gasteiger partial charge in [0, 0.05) is 17.1 Å². The summed E-state index contributed by atoms with van der Waals surface area (Å²) in [7, 11) is 1.60. The first-order chi connectivity index (χ1) is 8.20. The van der Waals surface area contributed by atoms with Gasteiger partial charge in [0.15, 0.2) is 5.13 Å². The summed E-state index contributed by atoms with van der Waals surface area (Å²) in [6, 6.07) is 5.34. The van der Waals surface area contributed by atoms with E-state index in [0.29, 0.717) is 10.7 Å². The van der Waals surface area contributed by atoms with E-state index in [1.165, 1.54) is 11.3 Å². The minimum absolute atomic E-state index is 0.153. The Morgan fingerprint density at radius 2 is 2.29 bits per heavy atom. The third kappa shape index (κ3) is 2.62. The Morgan fingerprint density at radius 3 is 2.88 bits per heavy atom. The molecule has 0 unspecified atom stereocenters. The van der Waals surface area contributed by atoms with Crippen LogP contribution in [0.25, 0.3) is 0 Å². The van der Waals surface area contributed by atoms with Crippen LogP contribution < -0.4 is 10.1 Å². The number of hydrogen-bond donors (Lipinski definition) is 1. The van der Waals surface area contributed by atoms with Crippen LogP contribution >= 0.6 is 11.3 Å². The Bertz CT molecular complexity index is 523. The molecule has 1 heterocycles. The summed E-state index contributed by atoms with van der Waals surface area (Å²) < 4.78 is 5.09. The van der Waals surface area contributed by atoms with Gasteiger partial charge in [-0.05, 0) is 30.7 Å². The maximum Gasteiger partial charge on any atom is 0.257 e. The third-order valence-corrected chi connectivity index (χ3v) is 3.02. The van der Waals surface area contributed by atoms with Crippen LogP contribution in [0.15, 0.2) is 29.8 Å². The topological polar surface area (TPSA) is 51.2 Å². The van der Waals surface area contributed by atoms with E-state index in [9.17, 15) is 4.79 Å². The number of nitrogens with one attached hydrogen (secondary N) is 1. The van der Waals surface area contributed by atoms with Crippen molar-refractivity contribution in [2.24, 2.45) is 0 Å². The average Bonchev–Trinajstić information content (AvgIpc) is 2.81. The van der Waals surface area contributed by atoms with E-state index in [-0.39, 0.29) is 5.91 Å². The molecule has 0 saturated heterocycles. The zero-order chi connectivity index (χ0) is 12.3. The van der Waals surface area contributed by atoms with Crippen LogP contribution in [0.5, 0.6) is 5.75 Å². The number of carbonyl (C=O) groups excluding carboxylic acids is 1. The summed E-state index contributed by atoms with van der Waals surface area (Å²) in [5.41, 5.74) is 1.50. The average molecular weight is 248 g/mol. The largest absolute Gasteiger partial charge is 0.497 e. The second-order valence-electron chi connectivity index (χ2n) is 3.47. The first-order valence-corrected chi connectivity index (χ1v) is 5.94. The van der Waals surface area contributed by atoms with Crippen LogP contribution in [0.3, 0.4) is 0 Å². The molecule has 4 nitrogen and oxygen atoms in total. The van der Waals surface area contributed by atoms with Crippen LogP contribution in [-0.2, 0) is 0 Å². The molecule has 1 N–H and O–H groups in total. The predicted octanol–water partition coefficient (Wildman–Crippen LogP) is 2.71. The van der Waals surface area contributed by atoms with Gasteiger partial charge in [-0.25, -0.2) is 4.98 Å². The molecule has 0 aliphatic rings. The summed E-state index contributed by atoms with van der Waals surface area (Å²) in [6.07, 6.45) is 1.65. The number of rotatable bonds is 3. The Morgan fingerprint density at radius 1 is 1.47 bits per heavy atom. The predicted molar refractivity (Wildman–Crippen MR) is 67.8 cm³/mol. The summed E-state index contributed by atoms with van der Waals surface area (Å²) in [6.45, 7) is 1.87. The highest BCUT2D eigenvalue weighted by molar-refractivity contribution is 7.13. The van der Waals surface area contributed by atoms with Crippen LogP contribution in [0, 0.1) is 6.92 Å². The molecule has 0 atom stereocenters. The van der Waals surface area contributed by atoms with Gasteiger partial charge in [0.1, 0.15) is 5.75 Å². The standard InChI is InChI=1S/C12H12N2O2S/c1-8-7-9(16-2)3-4-10(8)11(15)14-12-13-5-6-17-12/h3-7H,1-2H3,(H,13,14,15). The van der Waals surface area contributed by atoms with Crippen LogP contribution in [0.1, 0.15) is 15.9 Å². The number of methoxy groups -OCH3 is 1. The van der Waals surface area contributed by atoms with E-state index in [1.54, 1.807) is 25.4 Å². The molecule has 88 valence electrons. The molecule has 0 spiro atoms. The molecule has 0 aliphatic heterocycles. The highest BCUT2D eigenvalue weighted by Gasteiger charge is 2.10. The Kier molecular flexibility index (Phi) is 3.39. The third-order valence-electron chi connectivity index (χ3n) is 2.33. The molecular formula is C12H12N2O2S. The number of benzene rings is 1. The van der Waals surface area contributed by atoms with Crippen molar-refractivity contribution in [2.45, 2.75) is 6.92 Å². The zero-order valence-electron chi connectivity index (χ0n) is 9.56. The van der Waals surface area contributed by atoms with Crippen molar-refractivity contribution in [1.82, 2.24) is 4.98 Å². The zero-order valence-corrected chi connectivity index (χ0v) is 10.4. The molecule has 1 amide bonds. The number of amides is 1. The first kappa shape index (κ1) is 11.6. The van der Waals surface area contributed by atoms with E-state index in [0.717, 1.165) is 11.3 Å². The lowest BCUT2D eigenvalue weighted by atomic mass is 10.1. The highest BCUT2D eigenvalue weighted by Crippen LogP contribution is 2.19. The fraction of sp³-hybridized carbons (Fsp3) is 0.167. The molecule has 2 aromatic rings. The fourth-order valence-electron chi connectivity index (χ4n) is 1.47. The van der Waals surface area contributed by atoms with Gasteiger partial charge >= 0.3 is 0 Å². The van der Waals surface area contributed by atoms with E-state index in [2.05, 4.69) is 10.3 Å². The molecule has 5 heteroatoms. The maximum atomic E-state index is 11.9. The number of anilines is 1. The van der Waals surface area contributed by atoms with Gasteiger partial charge in [0.2, 0.25) is 0 Å². The highest BCUT2D eigenvalue weighted by atomic mass is 32.1. The van der Waals surface area contributed by atoms with Gasteiger partial charge in [-0.1, -0.05) is 0 Å². The van der Waals surface area contributed by atoms with Gasteiger partial charge < -0.3 is 4.74 Å². The normalized spacial score (nSPS) is 10.0. The summed E-state index contributed by atoms with van der Waals surface area (Å²) in [5.74, 6) is 0.591. The Hall–Kier alpha value is -1.88. The lowest BCUT2D eigenvalue weighted by molar-refractivity contribution is 0.102. The number of ether oxygens (including phenoxy) is 1. The van der Waals surface area contributed by atoms with Crippen molar-refractivity contribution in [3.8, 4) is 5.75 Å². The first-order valence-electron chi connectivity index (χ1n) is 5.06. The Balaban J connectivity index is 2.19. The van der Waals surface area contributed by atoms with Crippen LogP contribution in [0.4, 0.5) is 5.13 Å². The summed E-state index contributed by atoms with van der Waals surface area (Å²) in [5, 5.41) is 5.16. The van der Waals surface area contributed by atoms with Crippen molar-refractivity contribution in [3.63, 3.8) is 0 Å². The smallest absolute Gasteiger partial charge is 0.257 e. The van der Waals surface area contributed by atoms with E-state index in [1.807, 2.05) is 18.4 Å². The lowest BCUT2D eigenvalue weighted by Gasteiger charge is -2.07. The molecule has 1 aromatic heterocycles. The van der Waals surface area contributed by atoms with Gasteiger partial charge in [0.05, 0.1) is 7.11 Å². The number of aryl methyl sites for hydroxylation is 1. The molecule has 0 radical (unpaired) electrons. The molecular weight excluding hydrogens is 236 g/mol. The minimum Gasteiger partial charge on any atom is -0.497 e. The van der Waals surface area contributed by atoms with Gasteiger partial charge in [-0.2, -0.15) is 0 Å². The van der Waals surface area contributed by atoms with Crippen molar-refractivity contribution < 1.29 is 9.53 Å². The lowest BCUT2D eigenvalue weighted by Crippen LogP contribution is -2.13. The number of nitrogens with zero attached hydrogens (tertiary/aromatic N) is 1. The molecule has 17 heavy (non-hydrogen) atoms. The SMILES string of the molecule is COc1ccc(C(=O)Nc2nccs2)c(C)c1. The number of thiazole rings is 1. The van der Waals surface area contributed by atoms with Gasteiger partial charge in [0.25, 0.3) is 5.91 Å². The summed E-state index contributed by atoms with van der Waals surface area (Å²) in [4.78, 5) is 16.0. The second-order valence-corrected chi connectivity index (χ2v) is 4.37. The monoisotopic (exact) mass is 248 g/mol. The molecule has 2 rings (SSSR count). The van der Waals surface area contributed by atoms with Crippen molar-refractivity contribution >= 4 is 22.4 Å². The van der Waals surface area contributed by atoms with E-state index >= 15 is 0 Å². The van der Waals surface area contributed by atoms with Crippen molar-refractivity contribution in [2.75, 3.05) is 12.4 Å². The Labute approximate surface area is 103 Å². The van der Waals surface area contributed by atoms with Gasteiger partial charge in [-0.15, -0.1) is 11.3 Å². The number of hydrogen-bond acceptors (Lipinski definition) is 4. The number of aromatic nitrogens is 1.